The van der Waals surface area contributed by atoms with Crippen LogP contribution in [0.3, 0.4) is 0 Å². The highest BCUT2D eigenvalue weighted by atomic mass is 32.2. The molecule has 2 aromatic rings. The lowest BCUT2D eigenvalue weighted by Crippen LogP contribution is -2.45. The van der Waals surface area contributed by atoms with Crippen LogP contribution in [0.2, 0.25) is 0 Å². The van der Waals surface area contributed by atoms with Crippen molar-refractivity contribution in [1.29, 1.82) is 0 Å². The standard InChI is InChI=1S/C21H26N2O3S/c1-17-9-11-18(12-10-17)14-22-21(24)20-8-5-13-23(15-20)27(25,26)16-19-6-3-2-4-7-19/h2-4,6-7,9-12,20H,5,8,13-16H2,1H3,(H,22,24)/t20-/m0/s1. The first kappa shape index (κ1) is 19.6. The van der Waals surface area contributed by atoms with E-state index < -0.39 is 10.0 Å². The van der Waals surface area contributed by atoms with E-state index in [9.17, 15) is 13.2 Å². The highest BCUT2D eigenvalue weighted by Gasteiger charge is 2.32. The first-order chi connectivity index (χ1) is 12.9. The molecular formula is C21H26N2O3S. The predicted molar refractivity (Wildman–Crippen MR) is 106 cm³/mol. The zero-order chi connectivity index (χ0) is 19.3. The fraction of sp³-hybridized carbons (Fsp3) is 0.381. The second-order valence-electron chi connectivity index (χ2n) is 7.14. The Balaban J connectivity index is 1.58. The van der Waals surface area contributed by atoms with E-state index in [-0.39, 0.29) is 24.1 Å². The minimum atomic E-state index is -3.42. The Bertz CT molecular complexity index is 864. The Morgan fingerprint density at radius 1 is 1.07 bits per heavy atom. The molecular weight excluding hydrogens is 360 g/mol. The predicted octanol–water partition coefficient (Wildman–Crippen LogP) is 2.85. The molecule has 1 N–H and O–H groups in total. The van der Waals surface area contributed by atoms with Crippen LogP contribution in [0.5, 0.6) is 0 Å². The van der Waals surface area contributed by atoms with E-state index in [0.717, 1.165) is 17.5 Å². The van der Waals surface area contributed by atoms with Gasteiger partial charge in [0.2, 0.25) is 15.9 Å². The zero-order valence-electron chi connectivity index (χ0n) is 15.6. The molecule has 5 nitrogen and oxygen atoms in total. The molecule has 27 heavy (non-hydrogen) atoms. The van der Waals surface area contributed by atoms with Crippen molar-refractivity contribution < 1.29 is 13.2 Å². The van der Waals surface area contributed by atoms with Crippen LogP contribution in [0.25, 0.3) is 0 Å². The normalized spacial score (nSPS) is 18.2. The Hall–Kier alpha value is -2.18. The van der Waals surface area contributed by atoms with Crippen LogP contribution in [0.15, 0.2) is 54.6 Å². The topological polar surface area (TPSA) is 66.5 Å². The van der Waals surface area contributed by atoms with E-state index in [1.54, 1.807) is 0 Å². The fourth-order valence-electron chi connectivity index (χ4n) is 3.32. The van der Waals surface area contributed by atoms with Crippen molar-refractivity contribution in [3.8, 4) is 0 Å². The first-order valence-electron chi connectivity index (χ1n) is 9.29. The number of hydrogen-bond donors (Lipinski definition) is 1. The zero-order valence-corrected chi connectivity index (χ0v) is 16.4. The summed E-state index contributed by atoms with van der Waals surface area (Å²) in [5.41, 5.74) is 2.98. The van der Waals surface area contributed by atoms with Crippen LogP contribution in [-0.2, 0) is 27.1 Å². The molecule has 3 rings (SSSR count). The van der Waals surface area contributed by atoms with Crippen molar-refractivity contribution in [3.05, 3.63) is 71.3 Å². The highest BCUT2D eigenvalue weighted by Crippen LogP contribution is 2.22. The van der Waals surface area contributed by atoms with E-state index in [1.807, 2.05) is 61.5 Å². The van der Waals surface area contributed by atoms with Crippen LogP contribution in [-0.4, -0.2) is 31.7 Å². The van der Waals surface area contributed by atoms with Gasteiger partial charge in [-0.25, -0.2) is 12.7 Å². The van der Waals surface area contributed by atoms with Crippen LogP contribution < -0.4 is 5.32 Å². The van der Waals surface area contributed by atoms with Gasteiger partial charge < -0.3 is 5.32 Å². The second-order valence-corrected chi connectivity index (χ2v) is 9.11. The van der Waals surface area contributed by atoms with E-state index in [2.05, 4.69) is 5.32 Å². The highest BCUT2D eigenvalue weighted by molar-refractivity contribution is 7.88. The Morgan fingerprint density at radius 2 is 1.78 bits per heavy atom. The van der Waals surface area contributed by atoms with Crippen molar-refractivity contribution >= 4 is 15.9 Å². The molecule has 6 heteroatoms. The molecule has 1 aliphatic rings. The molecule has 144 valence electrons. The third-order valence-electron chi connectivity index (χ3n) is 4.93. The van der Waals surface area contributed by atoms with Gasteiger partial charge in [0, 0.05) is 19.6 Å². The number of benzene rings is 2. The number of nitrogens with one attached hydrogen (secondary N) is 1. The molecule has 0 unspecified atom stereocenters. The van der Waals surface area contributed by atoms with Crippen molar-refractivity contribution in [2.24, 2.45) is 5.92 Å². The number of sulfonamides is 1. The van der Waals surface area contributed by atoms with Gasteiger partial charge in [0.15, 0.2) is 0 Å². The van der Waals surface area contributed by atoms with Crippen LogP contribution in [0.4, 0.5) is 0 Å². The van der Waals surface area contributed by atoms with Crippen LogP contribution in [0.1, 0.15) is 29.5 Å². The van der Waals surface area contributed by atoms with Gasteiger partial charge in [-0.3, -0.25) is 4.79 Å². The van der Waals surface area contributed by atoms with E-state index >= 15 is 0 Å². The minimum Gasteiger partial charge on any atom is -0.352 e. The molecule has 1 fully saturated rings. The largest absolute Gasteiger partial charge is 0.352 e. The number of aryl methyl sites for hydroxylation is 1. The van der Waals surface area contributed by atoms with Gasteiger partial charge >= 0.3 is 0 Å². The lowest BCUT2D eigenvalue weighted by Gasteiger charge is -2.31. The van der Waals surface area contributed by atoms with Gasteiger partial charge in [-0.05, 0) is 30.9 Å². The number of piperidine rings is 1. The molecule has 1 heterocycles. The van der Waals surface area contributed by atoms with Gasteiger partial charge in [0.1, 0.15) is 0 Å². The Labute approximate surface area is 161 Å². The van der Waals surface area contributed by atoms with Gasteiger partial charge in [0.05, 0.1) is 11.7 Å². The molecule has 0 saturated carbocycles. The van der Waals surface area contributed by atoms with Gasteiger partial charge in [0.25, 0.3) is 0 Å². The molecule has 0 radical (unpaired) electrons. The Morgan fingerprint density at radius 3 is 2.48 bits per heavy atom. The average molecular weight is 387 g/mol. The summed E-state index contributed by atoms with van der Waals surface area (Å²) < 4.78 is 26.9. The number of carbonyl (C=O) groups is 1. The van der Waals surface area contributed by atoms with E-state index in [1.165, 1.54) is 9.87 Å². The molecule has 1 atom stereocenters. The van der Waals surface area contributed by atoms with Crippen molar-refractivity contribution in [2.45, 2.75) is 32.1 Å². The van der Waals surface area contributed by atoms with Gasteiger partial charge in [-0.15, -0.1) is 0 Å². The molecule has 0 spiro atoms. The van der Waals surface area contributed by atoms with Crippen LogP contribution in [0, 0.1) is 12.8 Å². The molecule has 0 aliphatic carbocycles. The number of amides is 1. The Kier molecular flexibility index (Phi) is 6.29. The molecule has 1 aliphatic heterocycles. The molecule has 1 amide bonds. The average Bonchev–Trinajstić information content (AvgIpc) is 2.68. The monoisotopic (exact) mass is 386 g/mol. The summed E-state index contributed by atoms with van der Waals surface area (Å²) in [5, 5.41) is 2.95. The number of carbonyl (C=O) groups excluding carboxylic acids is 1. The summed E-state index contributed by atoms with van der Waals surface area (Å²) >= 11 is 0. The maximum atomic E-state index is 12.7. The maximum absolute atomic E-state index is 12.7. The lowest BCUT2D eigenvalue weighted by atomic mass is 9.98. The SMILES string of the molecule is Cc1ccc(CNC(=O)[C@H]2CCCN(S(=O)(=O)Cc3ccccc3)C2)cc1. The third-order valence-corrected chi connectivity index (χ3v) is 6.74. The molecule has 1 saturated heterocycles. The summed E-state index contributed by atoms with van der Waals surface area (Å²) in [7, 11) is -3.42. The smallest absolute Gasteiger partial charge is 0.224 e. The van der Waals surface area contributed by atoms with Crippen LogP contribution >= 0.6 is 0 Å². The summed E-state index contributed by atoms with van der Waals surface area (Å²) in [6.07, 6.45) is 1.42. The van der Waals surface area contributed by atoms with E-state index in [0.29, 0.717) is 19.5 Å². The first-order valence-corrected chi connectivity index (χ1v) is 10.9. The molecule has 0 bridgehead atoms. The van der Waals surface area contributed by atoms with Gasteiger partial charge in [-0.2, -0.15) is 0 Å². The minimum absolute atomic E-state index is 0.0223. The summed E-state index contributed by atoms with van der Waals surface area (Å²) in [6.45, 7) is 3.23. The summed E-state index contributed by atoms with van der Waals surface area (Å²) in [5.74, 6) is -0.393. The van der Waals surface area contributed by atoms with Crippen molar-refractivity contribution in [3.63, 3.8) is 0 Å². The second kappa shape index (κ2) is 8.67. The lowest BCUT2D eigenvalue weighted by molar-refractivity contribution is -0.126. The summed E-state index contributed by atoms with van der Waals surface area (Å²) in [6, 6.07) is 17.2. The quantitative estimate of drug-likeness (QED) is 0.830. The molecule has 2 aromatic carbocycles. The third kappa shape index (κ3) is 5.40. The number of rotatable bonds is 6. The fourth-order valence-corrected chi connectivity index (χ4v) is 4.94. The van der Waals surface area contributed by atoms with Crippen molar-refractivity contribution in [1.82, 2.24) is 9.62 Å². The number of hydrogen-bond acceptors (Lipinski definition) is 3. The summed E-state index contributed by atoms with van der Waals surface area (Å²) in [4.78, 5) is 12.5. The van der Waals surface area contributed by atoms with Crippen molar-refractivity contribution in [2.75, 3.05) is 13.1 Å². The van der Waals surface area contributed by atoms with Gasteiger partial charge in [-0.1, -0.05) is 60.2 Å². The number of nitrogens with zero attached hydrogens (tertiary/aromatic N) is 1. The van der Waals surface area contributed by atoms with E-state index in [4.69, 9.17) is 0 Å². The maximum Gasteiger partial charge on any atom is 0.224 e. The molecule has 0 aromatic heterocycles.